The van der Waals surface area contributed by atoms with Gasteiger partial charge in [0.2, 0.25) is 0 Å². The van der Waals surface area contributed by atoms with Gasteiger partial charge in [-0.3, -0.25) is 4.90 Å². The first-order valence-corrected chi connectivity index (χ1v) is 8.82. The molecule has 1 aliphatic heterocycles. The molecule has 1 heterocycles. The highest BCUT2D eigenvalue weighted by atomic mass is 15.2. The van der Waals surface area contributed by atoms with Gasteiger partial charge in [0.25, 0.3) is 0 Å². The van der Waals surface area contributed by atoms with Crippen molar-refractivity contribution in [2.24, 2.45) is 5.92 Å². The number of aryl methyl sites for hydroxylation is 1. The van der Waals surface area contributed by atoms with Gasteiger partial charge in [-0.25, -0.2) is 0 Å². The number of likely N-dealkylation sites (tertiary alicyclic amines) is 1. The number of benzene rings is 1. The molecule has 1 aliphatic carbocycles. The number of piperidine rings is 1. The first-order chi connectivity index (χ1) is 10.3. The Kier molecular flexibility index (Phi) is 4.97. The average Bonchev–Trinajstić information content (AvgIpc) is 3.37. The Morgan fingerprint density at radius 1 is 1.10 bits per heavy atom. The van der Waals surface area contributed by atoms with Crippen LogP contribution in [0.2, 0.25) is 0 Å². The van der Waals surface area contributed by atoms with Gasteiger partial charge >= 0.3 is 0 Å². The third-order valence-corrected chi connectivity index (χ3v) is 5.34. The predicted molar refractivity (Wildman–Crippen MR) is 89.6 cm³/mol. The number of hydrogen-bond acceptors (Lipinski definition) is 2. The van der Waals surface area contributed by atoms with Crippen LogP contribution >= 0.6 is 0 Å². The van der Waals surface area contributed by atoms with Crippen molar-refractivity contribution in [3.63, 3.8) is 0 Å². The third kappa shape index (κ3) is 4.08. The van der Waals surface area contributed by atoms with Gasteiger partial charge < -0.3 is 5.32 Å². The molecule has 2 aliphatic rings. The number of nitrogens with zero attached hydrogens (tertiary/aromatic N) is 1. The van der Waals surface area contributed by atoms with E-state index in [1.807, 2.05) is 0 Å². The number of rotatable bonds is 6. The molecule has 1 N–H and O–H groups in total. The summed E-state index contributed by atoms with van der Waals surface area (Å²) in [6, 6.07) is 10.5. The lowest BCUT2D eigenvalue weighted by Crippen LogP contribution is -2.43. The van der Waals surface area contributed by atoms with E-state index in [2.05, 4.69) is 48.3 Å². The van der Waals surface area contributed by atoms with Crippen molar-refractivity contribution in [1.82, 2.24) is 10.2 Å². The summed E-state index contributed by atoms with van der Waals surface area (Å²) < 4.78 is 0. The van der Waals surface area contributed by atoms with Gasteiger partial charge in [0, 0.05) is 25.2 Å². The quantitative estimate of drug-likeness (QED) is 0.856. The highest BCUT2D eigenvalue weighted by molar-refractivity contribution is 5.24. The summed E-state index contributed by atoms with van der Waals surface area (Å²) in [5.41, 5.74) is 2.91. The van der Waals surface area contributed by atoms with Gasteiger partial charge in [0.05, 0.1) is 0 Å². The molecule has 2 fully saturated rings. The molecule has 116 valence electrons. The molecule has 1 saturated heterocycles. The standard InChI is InChI=1S/C19H30N2/c1-3-16-6-8-18(9-7-16)15(2)21-12-10-19(11-13-21)20-14-17-4-5-17/h6-9,15,17,19-20H,3-5,10-14H2,1-2H3. The summed E-state index contributed by atoms with van der Waals surface area (Å²) in [6.07, 6.45) is 6.66. The lowest BCUT2D eigenvalue weighted by Gasteiger charge is -2.36. The average molecular weight is 286 g/mol. The van der Waals surface area contributed by atoms with Crippen LogP contribution in [0.3, 0.4) is 0 Å². The zero-order chi connectivity index (χ0) is 14.7. The number of nitrogens with one attached hydrogen (secondary N) is 1. The molecule has 21 heavy (non-hydrogen) atoms. The molecular formula is C19H30N2. The largest absolute Gasteiger partial charge is 0.314 e. The van der Waals surface area contributed by atoms with Crippen LogP contribution in [0.15, 0.2) is 24.3 Å². The van der Waals surface area contributed by atoms with Gasteiger partial charge in [0.15, 0.2) is 0 Å². The Balaban J connectivity index is 1.47. The Morgan fingerprint density at radius 2 is 1.76 bits per heavy atom. The zero-order valence-corrected chi connectivity index (χ0v) is 13.6. The zero-order valence-electron chi connectivity index (χ0n) is 13.6. The van der Waals surface area contributed by atoms with Gasteiger partial charge in [-0.15, -0.1) is 0 Å². The fourth-order valence-electron chi connectivity index (χ4n) is 3.39. The minimum absolute atomic E-state index is 0.556. The van der Waals surface area contributed by atoms with Gasteiger partial charge in [-0.05, 0) is 62.6 Å². The maximum Gasteiger partial charge on any atom is 0.0319 e. The summed E-state index contributed by atoms with van der Waals surface area (Å²) in [5, 5.41) is 3.77. The molecule has 1 aromatic carbocycles. The van der Waals surface area contributed by atoms with E-state index in [0.29, 0.717) is 6.04 Å². The van der Waals surface area contributed by atoms with Crippen LogP contribution in [-0.4, -0.2) is 30.6 Å². The van der Waals surface area contributed by atoms with Crippen molar-refractivity contribution in [1.29, 1.82) is 0 Å². The normalized spacial score (nSPS) is 22.4. The third-order valence-electron chi connectivity index (χ3n) is 5.34. The summed E-state index contributed by atoms with van der Waals surface area (Å²) in [4.78, 5) is 2.65. The van der Waals surface area contributed by atoms with E-state index in [9.17, 15) is 0 Å². The topological polar surface area (TPSA) is 15.3 Å². The van der Waals surface area contributed by atoms with E-state index in [1.54, 1.807) is 0 Å². The Morgan fingerprint density at radius 3 is 2.33 bits per heavy atom. The minimum atomic E-state index is 0.556. The van der Waals surface area contributed by atoms with Crippen molar-refractivity contribution >= 4 is 0 Å². The van der Waals surface area contributed by atoms with Crippen LogP contribution in [0.1, 0.15) is 56.7 Å². The second kappa shape index (κ2) is 6.93. The summed E-state index contributed by atoms with van der Waals surface area (Å²) in [5.74, 6) is 0.999. The van der Waals surface area contributed by atoms with Gasteiger partial charge in [-0.2, -0.15) is 0 Å². The van der Waals surface area contributed by atoms with Crippen molar-refractivity contribution in [2.75, 3.05) is 19.6 Å². The van der Waals surface area contributed by atoms with Crippen LogP contribution < -0.4 is 5.32 Å². The Labute approximate surface area is 129 Å². The van der Waals surface area contributed by atoms with E-state index in [1.165, 1.54) is 56.4 Å². The van der Waals surface area contributed by atoms with Crippen molar-refractivity contribution < 1.29 is 0 Å². The smallest absolute Gasteiger partial charge is 0.0319 e. The van der Waals surface area contributed by atoms with E-state index < -0.39 is 0 Å². The highest BCUT2D eigenvalue weighted by Gasteiger charge is 2.26. The molecule has 2 nitrogen and oxygen atoms in total. The monoisotopic (exact) mass is 286 g/mol. The molecule has 0 spiro atoms. The van der Waals surface area contributed by atoms with Crippen LogP contribution in [-0.2, 0) is 6.42 Å². The number of hydrogen-bond donors (Lipinski definition) is 1. The second-order valence-electron chi connectivity index (χ2n) is 6.93. The first kappa shape index (κ1) is 15.1. The fraction of sp³-hybridized carbons (Fsp3) is 0.684. The predicted octanol–water partition coefficient (Wildman–Crippen LogP) is 3.77. The van der Waals surface area contributed by atoms with Crippen LogP contribution in [0.5, 0.6) is 0 Å². The molecule has 1 unspecified atom stereocenters. The first-order valence-electron chi connectivity index (χ1n) is 8.82. The summed E-state index contributed by atoms with van der Waals surface area (Å²) in [7, 11) is 0. The molecule has 1 saturated carbocycles. The lowest BCUT2D eigenvalue weighted by molar-refractivity contribution is 0.152. The molecule has 2 heteroatoms. The molecule has 0 aromatic heterocycles. The maximum atomic E-state index is 3.77. The van der Waals surface area contributed by atoms with Crippen LogP contribution in [0.4, 0.5) is 0 Å². The van der Waals surface area contributed by atoms with Crippen LogP contribution in [0, 0.1) is 5.92 Å². The second-order valence-corrected chi connectivity index (χ2v) is 6.93. The lowest BCUT2D eigenvalue weighted by atomic mass is 9.99. The van der Waals surface area contributed by atoms with Gasteiger partial charge in [-0.1, -0.05) is 31.2 Å². The van der Waals surface area contributed by atoms with E-state index in [4.69, 9.17) is 0 Å². The Bertz CT molecular complexity index is 427. The van der Waals surface area contributed by atoms with Crippen molar-refractivity contribution in [2.45, 2.75) is 58.0 Å². The fourth-order valence-corrected chi connectivity index (χ4v) is 3.39. The van der Waals surface area contributed by atoms with Crippen LogP contribution in [0.25, 0.3) is 0 Å². The SMILES string of the molecule is CCc1ccc(C(C)N2CCC(NCC3CC3)CC2)cc1. The van der Waals surface area contributed by atoms with Crippen molar-refractivity contribution in [3.05, 3.63) is 35.4 Å². The maximum absolute atomic E-state index is 3.77. The van der Waals surface area contributed by atoms with E-state index in [-0.39, 0.29) is 0 Å². The molecule has 0 bridgehead atoms. The Hall–Kier alpha value is -0.860. The molecule has 0 amide bonds. The van der Waals surface area contributed by atoms with Gasteiger partial charge in [0.1, 0.15) is 0 Å². The summed E-state index contributed by atoms with van der Waals surface area (Å²) in [6.45, 7) is 8.31. The van der Waals surface area contributed by atoms with E-state index in [0.717, 1.165) is 18.4 Å². The van der Waals surface area contributed by atoms with Crippen molar-refractivity contribution in [3.8, 4) is 0 Å². The summed E-state index contributed by atoms with van der Waals surface area (Å²) >= 11 is 0. The van der Waals surface area contributed by atoms with E-state index >= 15 is 0 Å². The molecule has 1 aromatic rings. The molecule has 0 radical (unpaired) electrons. The molecule has 1 atom stereocenters. The molecular weight excluding hydrogens is 256 g/mol. The minimum Gasteiger partial charge on any atom is -0.314 e. The molecule has 3 rings (SSSR count). The highest BCUT2D eigenvalue weighted by Crippen LogP contribution is 2.29.